The Labute approximate surface area is 79.7 Å². The summed E-state index contributed by atoms with van der Waals surface area (Å²) in [5, 5.41) is 19.1. The molecule has 1 saturated carbocycles. The molecule has 78 valence electrons. The number of aliphatic hydroxyl groups is 2. The third-order valence-corrected chi connectivity index (χ3v) is 2.80. The number of hydrogen-bond donors (Lipinski definition) is 2. The third-order valence-electron chi connectivity index (χ3n) is 2.80. The first-order valence-electron chi connectivity index (χ1n) is 5.09. The van der Waals surface area contributed by atoms with Gasteiger partial charge in [-0.25, -0.2) is 0 Å². The number of rotatable bonds is 4. The Morgan fingerprint density at radius 1 is 1.38 bits per heavy atom. The molecule has 0 spiro atoms. The minimum atomic E-state index is -0.414. The third kappa shape index (κ3) is 3.63. The topological polar surface area (TPSA) is 49.7 Å². The lowest BCUT2D eigenvalue weighted by Crippen LogP contribution is -2.29. The summed E-state index contributed by atoms with van der Waals surface area (Å²) in [6.07, 6.45) is 4.30. The van der Waals surface area contributed by atoms with Crippen molar-refractivity contribution < 1.29 is 14.9 Å². The largest absolute Gasteiger partial charge is 0.393 e. The Bertz CT molecular complexity index is 138. The van der Waals surface area contributed by atoms with E-state index in [2.05, 4.69) is 0 Å². The first-order chi connectivity index (χ1) is 6.24. The highest BCUT2D eigenvalue weighted by Gasteiger charge is 2.25. The monoisotopic (exact) mass is 188 g/mol. The fraction of sp³-hybridized carbons (Fsp3) is 1.00. The molecule has 3 heteroatoms. The maximum Gasteiger partial charge on any atom is 0.0777 e. The molecule has 0 aromatic rings. The van der Waals surface area contributed by atoms with E-state index in [0.29, 0.717) is 13.0 Å². The summed E-state index contributed by atoms with van der Waals surface area (Å²) in [4.78, 5) is 0. The van der Waals surface area contributed by atoms with Crippen molar-refractivity contribution in [3.8, 4) is 0 Å². The second-order valence-corrected chi connectivity index (χ2v) is 3.96. The minimum absolute atomic E-state index is 0.208. The van der Waals surface area contributed by atoms with Gasteiger partial charge < -0.3 is 14.9 Å². The number of methoxy groups -OCH3 is 1. The van der Waals surface area contributed by atoms with Gasteiger partial charge in [0, 0.05) is 7.11 Å². The van der Waals surface area contributed by atoms with Gasteiger partial charge in [-0.05, 0) is 25.2 Å². The van der Waals surface area contributed by atoms with Gasteiger partial charge in [0.1, 0.15) is 0 Å². The number of hydrogen-bond acceptors (Lipinski definition) is 3. The first kappa shape index (κ1) is 11.0. The van der Waals surface area contributed by atoms with Crippen molar-refractivity contribution in [2.45, 2.75) is 44.3 Å². The zero-order valence-corrected chi connectivity index (χ0v) is 8.28. The van der Waals surface area contributed by atoms with Gasteiger partial charge in [0.2, 0.25) is 0 Å². The summed E-state index contributed by atoms with van der Waals surface area (Å²) < 4.78 is 4.85. The highest BCUT2D eigenvalue weighted by atomic mass is 16.5. The summed E-state index contributed by atoms with van der Waals surface area (Å²) >= 11 is 0. The molecule has 3 unspecified atom stereocenters. The van der Waals surface area contributed by atoms with E-state index in [4.69, 9.17) is 4.74 Å². The van der Waals surface area contributed by atoms with Crippen LogP contribution in [0.4, 0.5) is 0 Å². The number of ether oxygens (including phenoxy) is 1. The zero-order valence-electron chi connectivity index (χ0n) is 8.28. The van der Waals surface area contributed by atoms with Crippen LogP contribution in [0.3, 0.4) is 0 Å². The fourth-order valence-electron chi connectivity index (χ4n) is 2.07. The van der Waals surface area contributed by atoms with Crippen LogP contribution in [0, 0.1) is 5.92 Å². The molecule has 1 aliphatic carbocycles. The van der Waals surface area contributed by atoms with Crippen LogP contribution in [-0.4, -0.2) is 36.1 Å². The quantitative estimate of drug-likeness (QED) is 0.690. The van der Waals surface area contributed by atoms with E-state index in [-0.39, 0.29) is 12.0 Å². The van der Waals surface area contributed by atoms with Crippen LogP contribution in [0.5, 0.6) is 0 Å². The van der Waals surface area contributed by atoms with E-state index in [1.807, 2.05) is 0 Å². The predicted octanol–water partition coefficient (Wildman–Crippen LogP) is 0.935. The molecule has 3 atom stereocenters. The Kier molecular flexibility index (Phi) is 4.70. The van der Waals surface area contributed by atoms with Crippen molar-refractivity contribution in [2.24, 2.45) is 5.92 Å². The molecule has 0 heterocycles. The van der Waals surface area contributed by atoms with Crippen LogP contribution in [0.15, 0.2) is 0 Å². The van der Waals surface area contributed by atoms with E-state index in [0.717, 1.165) is 19.3 Å². The molecule has 0 aromatic heterocycles. The Morgan fingerprint density at radius 3 is 2.69 bits per heavy atom. The normalized spacial score (nSPS) is 31.6. The van der Waals surface area contributed by atoms with E-state index < -0.39 is 6.10 Å². The van der Waals surface area contributed by atoms with Crippen LogP contribution in [-0.2, 0) is 4.74 Å². The second kappa shape index (κ2) is 5.58. The van der Waals surface area contributed by atoms with Gasteiger partial charge in [0.15, 0.2) is 0 Å². The highest BCUT2D eigenvalue weighted by Crippen LogP contribution is 2.27. The van der Waals surface area contributed by atoms with E-state index in [1.54, 1.807) is 7.11 Å². The van der Waals surface area contributed by atoms with E-state index >= 15 is 0 Å². The Morgan fingerprint density at radius 2 is 2.08 bits per heavy atom. The fourth-order valence-corrected chi connectivity index (χ4v) is 2.07. The van der Waals surface area contributed by atoms with Crippen molar-refractivity contribution in [2.75, 3.05) is 13.7 Å². The number of aliphatic hydroxyl groups excluding tert-OH is 2. The van der Waals surface area contributed by atoms with Gasteiger partial charge in [-0.2, -0.15) is 0 Å². The lowest BCUT2D eigenvalue weighted by molar-refractivity contribution is 0.00568. The zero-order chi connectivity index (χ0) is 9.68. The summed E-state index contributed by atoms with van der Waals surface area (Å²) in [6, 6.07) is 0. The Hall–Kier alpha value is -0.120. The summed E-state index contributed by atoms with van der Waals surface area (Å²) in [6.45, 7) is 0.378. The smallest absolute Gasteiger partial charge is 0.0777 e. The molecule has 0 aromatic carbocycles. The SMILES string of the molecule is COCC(O)CC1CCCCC1O. The summed E-state index contributed by atoms with van der Waals surface area (Å²) in [5.74, 6) is 0.277. The molecule has 0 amide bonds. The molecule has 3 nitrogen and oxygen atoms in total. The van der Waals surface area contributed by atoms with E-state index in [1.165, 1.54) is 6.42 Å². The molecule has 0 saturated heterocycles. The maximum absolute atomic E-state index is 9.63. The lowest BCUT2D eigenvalue weighted by Gasteiger charge is -2.28. The van der Waals surface area contributed by atoms with Crippen LogP contribution in [0.1, 0.15) is 32.1 Å². The van der Waals surface area contributed by atoms with Crippen molar-refractivity contribution in [3.63, 3.8) is 0 Å². The first-order valence-corrected chi connectivity index (χ1v) is 5.09. The predicted molar refractivity (Wildman–Crippen MR) is 50.5 cm³/mol. The van der Waals surface area contributed by atoms with E-state index in [9.17, 15) is 10.2 Å². The second-order valence-electron chi connectivity index (χ2n) is 3.96. The van der Waals surface area contributed by atoms with Crippen LogP contribution in [0.25, 0.3) is 0 Å². The molecule has 1 fully saturated rings. The van der Waals surface area contributed by atoms with Gasteiger partial charge in [-0.1, -0.05) is 12.8 Å². The van der Waals surface area contributed by atoms with Crippen molar-refractivity contribution in [1.82, 2.24) is 0 Å². The molecule has 13 heavy (non-hydrogen) atoms. The molecule has 1 rings (SSSR count). The molecular weight excluding hydrogens is 168 g/mol. The average molecular weight is 188 g/mol. The van der Waals surface area contributed by atoms with Crippen LogP contribution < -0.4 is 0 Å². The highest BCUT2D eigenvalue weighted by molar-refractivity contribution is 4.76. The van der Waals surface area contributed by atoms with Gasteiger partial charge in [0.05, 0.1) is 18.8 Å². The van der Waals surface area contributed by atoms with Crippen LogP contribution in [0.2, 0.25) is 0 Å². The molecule has 0 aliphatic heterocycles. The minimum Gasteiger partial charge on any atom is -0.393 e. The molecule has 0 bridgehead atoms. The van der Waals surface area contributed by atoms with Crippen molar-refractivity contribution in [3.05, 3.63) is 0 Å². The lowest BCUT2D eigenvalue weighted by atomic mass is 9.83. The van der Waals surface area contributed by atoms with Crippen molar-refractivity contribution in [1.29, 1.82) is 0 Å². The average Bonchev–Trinajstić information content (AvgIpc) is 2.09. The standard InChI is InChI=1S/C10H20O3/c1-13-7-9(11)6-8-4-2-3-5-10(8)12/h8-12H,2-7H2,1H3. The molecule has 2 N–H and O–H groups in total. The maximum atomic E-state index is 9.63. The van der Waals surface area contributed by atoms with Gasteiger partial charge in [0.25, 0.3) is 0 Å². The summed E-state index contributed by atoms with van der Waals surface area (Å²) in [7, 11) is 1.58. The molecule has 0 radical (unpaired) electrons. The van der Waals surface area contributed by atoms with Gasteiger partial charge in [-0.3, -0.25) is 0 Å². The van der Waals surface area contributed by atoms with Gasteiger partial charge >= 0.3 is 0 Å². The van der Waals surface area contributed by atoms with Gasteiger partial charge in [-0.15, -0.1) is 0 Å². The van der Waals surface area contributed by atoms with Crippen molar-refractivity contribution >= 4 is 0 Å². The molecular formula is C10H20O3. The summed E-state index contributed by atoms with van der Waals surface area (Å²) in [5.41, 5.74) is 0. The molecule has 1 aliphatic rings. The Balaban J connectivity index is 2.25. The van der Waals surface area contributed by atoms with Crippen LogP contribution >= 0.6 is 0 Å².